The second-order valence-electron chi connectivity index (χ2n) is 13.0. The number of hydrogen-bond donors (Lipinski definition) is 4. The summed E-state index contributed by atoms with van der Waals surface area (Å²) in [4.78, 5) is 67.2. The molecule has 4 aliphatic carbocycles. The van der Waals surface area contributed by atoms with Crippen molar-refractivity contribution in [2.45, 2.75) is 109 Å². The van der Waals surface area contributed by atoms with Crippen molar-refractivity contribution in [3.8, 4) is 0 Å². The van der Waals surface area contributed by atoms with E-state index in [4.69, 9.17) is 0 Å². The lowest BCUT2D eigenvalue weighted by atomic mass is 9.44. The third-order valence-corrected chi connectivity index (χ3v) is 9.76. The number of hydrogen-bond acceptors (Lipinski definition) is 5. The van der Waals surface area contributed by atoms with E-state index in [1.165, 1.54) is 0 Å². The maximum atomic E-state index is 14.0. The highest BCUT2D eigenvalue weighted by Crippen LogP contribution is 2.64. The summed E-state index contributed by atoms with van der Waals surface area (Å²) >= 11 is 0. The normalized spacial score (nSPS) is 30.6. The van der Waals surface area contributed by atoms with Crippen LogP contribution in [0.5, 0.6) is 0 Å². The van der Waals surface area contributed by atoms with Gasteiger partial charge in [-0.15, -0.1) is 0 Å². The number of carbonyl (C=O) groups excluding carboxylic acids is 5. The van der Waals surface area contributed by atoms with Gasteiger partial charge in [-0.2, -0.15) is 0 Å². The summed E-state index contributed by atoms with van der Waals surface area (Å²) in [6.45, 7) is 4.43. The number of amides is 5. The summed E-state index contributed by atoms with van der Waals surface area (Å²) in [5, 5.41) is 22.1. The van der Waals surface area contributed by atoms with Crippen molar-refractivity contribution in [1.82, 2.24) is 26.2 Å². The molecule has 2 saturated heterocycles. The third-order valence-electron chi connectivity index (χ3n) is 9.76. The minimum Gasteiger partial charge on any atom is -0.801 e. The van der Waals surface area contributed by atoms with Crippen LogP contribution >= 0.6 is 0 Å². The average Bonchev–Trinajstić information content (AvgIpc) is 3.61. The van der Waals surface area contributed by atoms with Gasteiger partial charge in [-0.05, 0) is 83.5 Å². The van der Waals surface area contributed by atoms with Crippen LogP contribution in [0.4, 0.5) is 0 Å². The molecule has 2 bridgehead atoms. The summed E-state index contributed by atoms with van der Waals surface area (Å²) in [5.74, 6) is -1.32. The molecule has 0 aromatic carbocycles. The van der Waals surface area contributed by atoms with Gasteiger partial charge in [0.15, 0.2) is 0 Å². The SMILES string of the molecule is CC(C)NC(=O)C(=[N-])[C@H](C[C@@H]1CCNC1=O)NC(=O)[C@@H]1CCCN1C(=O)[C@@H](NC(=O)C12CC(C1)C2)C1CCCC1. The second-order valence-corrected chi connectivity index (χ2v) is 13.0. The van der Waals surface area contributed by atoms with E-state index in [9.17, 15) is 29.4 Å². The summed E-state index contributed by atoms with van der Waals surface area (Å²) in [5.41, 5.74) is -0.847. The van der Waals surface area contributed by atoms with E-state index in [2.05, 4.69) is 21.3 Å². The first-order chi connectivity index (χ1) is 19.1. The van der Waals surface area contributed by atoms with Crippen LogP contribution in [-0.2, 0) is 24.0 Å². The van der Waals surface area contributed by atoms with E-state index in [0.717, 1.165) is 44.9 Å². The van der Waals surface area contributed by atoms with Crippen molar-refractivity contribution in [2.75, 3.05) is 13.1 Å². The highest BCUT2D eigenvalue weighted by atomic mass is 16.2. The van der Waals surface area contributed by atoms with E-state index in [1.807, 2.05) is 0 Å². The van der Waals surface area contributed by atoms with Crippen LogP contribution in [0.15, 0.2) is 0 Å². The molecule has 5 amide bonds. The number of carbonyl (C=O) groups is 5. The minimum absolute atomic E-state index is 0.0222. The van der Waals surface area contributed by atoms with Gasteiger partial charge in [0.2, 0.25) is 29.5 Å². The molecule has 6 aliphatic rings. The smallest absolute Gasteiger partial charge is 0.246 e. The van der Waals surface area contributed by atoms with E-state index in [0.29, 0.717) is 38.3 Å². The van der Waals surface area contributed by atoms with Gasteiger partial charge in [0, 0.05) is 36.5 Å². The molecule has 40 heavy (non-hydrogen) atoms. The minimum atomic E-state index is -1.06. The first-order valence-corrected chi connectivity index (χ1v) is 15.1. The molecular weight excluding hydrogens is 512 g/mol. The molecule has 0 radical (unpaired) electrons. The zero-order chi connectivity index (χ0) is 28.6. The van der Waals surface area contributed by atoms with Gasteiger partial charge in [-0.25, -0.2) is 0 Å². The summed E-state index contributed by atoms with van der Waals surface area (Å²) in [6, 6.07) is -2.71. The van der Waals surface area contributed by atoms with Gasteiger partial charge in [-0.3, -0.25) is 24.0 Å². The fourth-order valence-electron chi connectivity index (χ4n) is 7.36. The Hall–Kier alpha value is -2.98. The van der Waals surface area contributed by atoms with Crippen LogP contribution in [0.1, 0.15) is 84.5 Å². The number of rotatable bonds is 11. The van der Waals surface area contributed by atoms with Crippen molar-refractivity contribution in [3.05, 3.63) is 5.41 Å². The van der Waals surface area contributed by atoms with Crippen molar-refractivity contribution < 1.29 is 24.0 Å². The number of likely N-dealkylation sites (tertiary alicyclic amines) is 1. The van der Waals surface area contributed by atoms with Crippen molar-refractivity contribution >= 4 is 35.2 Å². The lowest BCUT2D eigenvalue weighted by Crippen LogP contribution is -2.64. The summed E-state index contributed by atoms with van der Waals surface area (Å²) in [7, 11) is 0. The Balaban J connectivity index is 1.29. The topological polar surface area (TPSA) is 159 Å². The standard InChI is InChI=1S/C29H43N6O5/c1-16(2)32-26(38)22(30)20(12-19-9-10-31-24(19)36)33-25(37)21-8-5-11-35(21)27(39)23(18-6-3-4-7-18)34-28(40)29-13-17(14-29)15-29/h16-21,23H,3-15H2,1-2H3,(H,31,36)(H,32,38)(H,33,37)(H,34,40)/q-1/t17?,19-,20-,21-,23-,29?/m0/s1. The molecule has 2 heterocycles. The first kappa shape index (κ1) is 28.5. The van der Waals surface area contributed by atoms with Crippen LogP contribution in [-0.4, -0.2) is 77.4 Å². The summed E-state index contributed by atoms with van der Waals surface area (Å²) < 4.78 is 0. The largest absolute Gasteiger partial charge is 0.801 e. The molecule has 11 nitrogen and oxygen atoms in total. The maximum absolute atomic E-state index is 14.0. The molecule has 4 N–H and O–H groups in total. The molecule has 4 atom stereocenters. The van der Waals surface area contributed by atoms with Gasteiger partial charge in [0.1, 0.15) is 12.1 Å². The van der Waals surface area contributed by atoms with Crippen LogP contribution < -0.4 is 21.3 Å². The van der Waals surface area contributed by atoms with Crippen LogP contribution in [0.2, 0.25) is 0 Å². The zero-order valence-electron chi connectivity index (χ0n) is 23.7. The van der Waals surface area contributed by atoms with E-state index in [-0.39, 0.29) is 41.5 Å². The zero-order valence-corrected chi connectivity index (χ0v) is 23.7. The van der Waals surface area contributed by atoms with Crippen LogP contribution in [0, 0.1) is 23.2 Å². The Morgan fingerprint density at radius 1 is 1.00 bits per heavy atom. The van der Waals surface area contributed by atoms with Gasteiger partial charge in [-0.1, -0.05) is 18.6 Å². The monoisotopic (exact) mass is 555 g/mol. The van der Waals surface area contributed by atoms with Crippen molar-refractivity contribution in [3.63, 3.8) is 0 Å². The number of nitrogens with zero attached hydrogens (tertiary/aromatic N) is 2. The van der Waals surface area contributed by atoms with Crippen molar-refractivity contribution in [1.29, 1.82) is 0 Å². The summed E-state index contributed by atoms with van der Waals surface area (Å²) in [6.07, 6.45) is 8.22. The van der Waals surface area contributed by atoms with E-state index >= 15 is 0 Å². The van der Waals surface area contributed by atoms with Gasteiger partial charge >= 0.3 is 0 Å². The molecule has 2 aliphatic heterocycles. The first-order valence-electron chi connectivity index (χ1n) is 15.1. The van der Waals surface area contributed by atoms with E-state index < -0.39 is 41.6 Å². The van der Waals surface area contributed by atoms with Gasteiger partial charge in [0.25, 0.3) is 0 Å². The Labute approximate surface area is 235 Å². The lowest BCUT2D eigenvalue weighted by Gasteiger charge is -2.60. The Kier molecular flexibility index (Phi) is 8.20. The third kappa shape index (κ3) is 5.61. The molecule has 0 aromatic heterocycles. The van der Waals surface area contributed by atoms with Crippen molar-refractivity contribution in [2.24, 2.45) is 23.2 Å². The fraction of sp³-hybridized carbons (Fsp3) is 0.793. The molecule has 4 saturated carbocycles. The van der Waals surface area contributed by atoms with Gasteiger partial charge in [0.05, 0.1) is 0 Å². The molecule has 0 spiro atoms. The van der Waals surface area contributed by atoms with E-state index in [1.54, 1.807) is 18.7 Å². The Morgan fingerprint density at radius 3 is 2.27 bits per heavy atom. The maximum Gasteiger partial charge on any atom is 0.246 e. The highest BCUT2D eigenvalue weighted by molar-refractivity contribution is 6.42. The fourth-order valence-corrected chi connectivity index (χ4v) is 7.36. The molecule has 220 valence electrons. The predicted molar refractivity (Wildman–Crippen MR) is 148 cm³/mol. The average molecular weight is 556 g/mol. The highest BCUT2D eigenvalue weighted by Gasteiger charge is 2.62. The Bertz CT molecular complexity index is 1050. The molecule has 0 aromatic rings. The van der Waals surface area contributed by atoms with Crippen LogP contribution in [0.25, 0.3) is 5.41 Å². The predicted octanol–water partition coefficient (Wildman–Crippen LogP) is 0.999. The molecule has 6 rings (SSSR count). The molecule has 0 unspecified atom stereocenters. The lowest BCUT2D eigenvalue weighted by molar-refractivity contribution is -0.167. The molecule has 6 fully saturated rings. The van der Waals surface area contributed by atoms with Crippen LogP contribution in [0.3, 0.4) is 0 Å². The Morgan fingerprint density at radius 2 is 1.70 bits per heavy atom. The molecular formula is C29H43N6O5-. The molecule has 11 heteroatoms. The number of nitrogens with one attached hydrogen (secondary N) is 4. The second kappa shape index (κ2) is 11.5. The quantitative estimate of drug-likeness (QED) is 0.280. The van der Waals surface area contributed by atoms with Gasteiger partial charge < -0.3 is 31.6 Å².